The Morgan fingerprint density at radius 2 is 1.30 bits per heavy atom. The number of nitrogens with zero attached hydrogens (tertiary/aromatic N) is 2. The van der Waals surface area contributed by atoms with E-state index in [2.05, 4.69) is 48.0 Å². The van der Waals surface area contributed by atoms with E-state index >= 15 is 0 Å². The number of aromatic hydroxyl groups is 1. The number of fused-ring (bicyclic) bond motifs is 8. The molecule has 21 nitrogen and oxygen atoms in total. The quantitative estimate of drug-likeness (QED) is 0.00841. The van der Waals surface area contributed by atoms with Crippen LogP contribution in [0.4, 0.5) is 0 Å². The van der Waals surface area contributed by atoms with E-state index in [-0.39, 0.29) is 91.3 Å². The molecule has 2 aliphatic heterocycles. The fourth-order valence-corrected chi connectivity index (χ4v) is 10.9. The Morgan fingerprint density at radius 1 is 0.674 bits per heavy atom. The van der Waals surface area contributed by atoms with Crippen molar-refractivity contribution < 1.29 is 71.8 Å². The van der Waals surface area contributed by atoms with Crippen LogP contribution in [-0.4, -0.2) is 140 Å². The number of rotatable bonds is 34. The predicted octanol–water partition coefficient (Wildman–Crippen LogP) is 10.9. The first-order valence-corrected chi connectivity index (χ1v) is 31.0. The van der Waals surface area contributed by atoms with Gasteiger partial charge in [0, 0.05) is 90.8 Å². The maximum atomic E-state index is 14.6. The lowest BCUT2D eigenvalue weighted by molar-refractivity contribution is -0.141. The molecule has 2 aromatic carbocycles. The average Bonchev–Trinajstić information content (AvgIpc) is 1.61. The van der Waals surface area contributed by atoms with Gasteiger partial charge in [-0.2, -0.15) is 0 Å². The standard InChI is InChI=1S/C71H84N6O15/c1-10-52-43(3)56-40-58-45(5)54(26-28-65(82)87-8)69(76-58)55(39-67(84)88-9)70-68(46(6)59(77-70)42-61-53(11-2)44(4)57(75-61)41-60(52)74-56)71(85)73-30-14-32-90-34-36-91-35-33-89-31-13-29-72-64(81)15-12-16-66(83)92-51-24-19-47(20-25-51)17-22-49(78)38-50(79)23-18-48-21-27-62(80)63(37-48)86-7/h10,17-25,27,37,40-42,45,54,74,77,80H,1,11-16,26,28-36,38-39H2,2-9H3,(H,72,81)(H,73,85)/b22-17+,23-18+,56-40?,57-41?,58-40?,59-42?,60-41?,61-42?,69-55?,70-55?. The van der Waals surface area contributed by atoms with Crippen molar-refractivity contribution in [2.75, 3.05) is 74.1 Å². The third-order valence-electron chi connectivity index (χ3n) is 16.1. The lowest BCUT2D eigenvalue weighted by Crippen LogP contribution is -2.26. The van der Waals surface area contributed by atoms with Crippen LogP contribution in [0.5, 0.6) is 17.2 Å². The number of carbonyl (C=O) groups excluding carboxylic acids is 7. The second-order valence-corrected chi connectivity index (χ2v) is 22.3. The lowest BCUT2D eigenvalue weighted by atomic mass is 9.85. The second kappa shape index (κ2) is 34.8. The molecule has 0 fully saturated rings. The molecule has 0 aliphatic carbocycles. The van der Waals surface area contributed by atoms with Crippen molar-refractivity contribution >= 4 is 92.7 Å². The highest BCUT2D eigenvalue weighted by molar-refractivity contribution is 6.11. The second-order valence-electron chi connectivity index (χ2n) is 22.3. The summed E-state index contributed by atoms with van der Waals surface area (Å²) in [4.78, 5) is 108. The van der Waals surface area contributed by atoms with Gasteiger partial charge in [-0.05, 0) is 141 Å². The number of allylic oxidation sites excluding steroid dienone is 4. The van der Waals surface area contributed by atoms with Crippen LogP contribution in [0.2, 0.25) is 0 Å². The van der Waals surface area contributed by atoms with Gasteiger partial charge in [0.1, 0.15) is 5.75 Å². The largest absolute Gasteiger partial charge is 0.504 e. The van der Waals surface area contributed by atoms with Gasteiger partial charge in [-0.1, -0.05) is 56.9 Å². The van der Waals surface area contributed by atoms with Crippen LogP contribution in [-0.2, 0) is 58.9 Å². The highest BCUT2D eigenvalue weighted by Gasteiger charge is 2.34. The first-order chi connectivity index (χ1) is 44.4. The summed E-state index contributed by atoms with van der Waals surface area (Å²) in [7, 11) is 4.10. The molecule has 0 saturated carbocycles. The van der Waals surface area contributed by atoms with E-state index in [4.69, 9.17) is 43.1 Å². The van der Waals surface area contributed by atoms with E-state index in [9.17, 15) is 38.7 Å². The van der Waals surface area contributed by atoms with Crippen LogP contribution >= 0.6 is 0 Å². The molecule has 5 aromatic rings. The van der Waals surface area contributed by atoms with Crippen LogP contribution in [0, 0.1) is 13.8 Å². The molecule has 2 unspecified atom stereocenters. The molecule has 5 heterocycles. The molecule has 7 rings (SSSR count). The van der Waals surface area contributed by atoms with Crippen molar-refractivity contribution in [3.63, 3.8) is 0 Å². The number of aryl methyl sites for hydroxylation is 2. The SMILES string of the molecule is C=Cc1c(C)c2cc3nc(c(CC(=O)OC)c4[nH]c(cc5nc(cc1[nH]2)C(C)=C5CC)c(C)c4C(=O)NCCCOCCOCCOCCCNC(=O)CCCC(=O)Oc1ccc(/C=C/C(=O)CC(=O)/C=C/c2ccc(O)c(OC)c2)cc1)C(CCC(=O)OC)C3C. The van der Waals surface area contributed by atoms with Crippen LogP contribution in [0.1, 0.15) is 157 Å². The lowest BCUT2D eigenvalue weighted by Gasteiger charge is -2.18. The molecule has 2 atom stereocenters. The Bertz CT molecular complexity index is 3780. The molecule has 2 amide bonds. The number of hydrogen-bond acceptors (Lipinski definition) is 17. The zero-order valence-corrected chi connectivity index (χ0v) is 53.8. The number of ketones is 2. The number of amides is 2. The number of aromatic amines is 2. The van der Waals surface area contributed by atoms with Crippen molar-refractivity contribution in [1.29, 1.82) is 0 Å². The van der Waals surface area contributed by atoms with Crippen molar-refractivity contribution in [3.8, 4) is 17.2 Å². The number of benzene rings is 2. The van der Waals surface area contributed by atoms with Crippen LogP contribution in [0.3, 0.4) is 0 Å². The minimum absolute atomic E-state index is 0.0239. The Labute approximate surface area is 536 Å². The van der Waals surface area contributed by atoms with Crippen molar-refractivity contribution in [2.24, 2.45) is 0 Å². The topological polar surface area (TPSA) is 286 Å². The predicted molar refractivity (Wildman–Crippen MR) is 352 cm³/mol. The summed E-state index contributed by atoms with van der Waals surface area (Å²) in [6.07, 6.45) is 9.76. The van der Waals surface area contributed by atoms with Gasteiger partial charge in [0.15, 0.2) is 23.1 Å². The average molecular weight is 1260 g/mol. The molecule has 0 spiro atoms. The molecule has 92 heavy (non-hydrogen) atoms. The summed E-state index contributed by atoms with van der Waals surface area (Å²) in [5.74, 6) is -2.69. The number of H-pyrrole nitrogens is 2. The fourth-order valence-electron chi connectivity index (χ4n) is 10.9. The van der Waals surface area contributed by atoms with Gasteiger partial charge in [-0.25, -0.2) is 4.98 Å². The van der Waals surface area contributed by atoms with Crippen molar-refractivity contribution in [2.45, 2.75) is 111 Å². The van der Waals surface area contributed by atoms with Crippen LogP contribution in [0.15, 0.2) is 79.4 Å². The van der Waals surface area contributed by atoms with Crippen molar-refractivity contribution in [1.82, 2.24) is 30.6 Å². The number of phenolic OH excluding ortho intramolecular Hbond substituents is 1. The van der Waals surface area contributed by atoms with E-state index in [1.54, 1.807) is 42.5 Å². The fraction of sp³-hybridized carbons (Fsp3) is 0.394. The van der Waals surface area contributed by atoms with Gasteiger partial charge in [-0.15, -0.1) is 0 Å². The molecule has 0 radical (unpaired) electrons. The Balaban J connectivity index is 0.825. The summed E-state index contributed by atoms with van der Waals surface area (Å²) >= 11 is 0. The third kappa shape index (κ3) is 19.4. The molecule has 21 heteroatoms. The number of methoxy groups -OCH3 is 3. The number of nitrogens with one attached hydrogen (secondary N) is 4. The molecular weight excluding hydrogens is 1180 g/mol. The van der Waals surface area contributed by atoms with Gasteiger partial charge in [0.05, 0.1) is 88.8 Å². The monoisotopic (exact) mass is 1260 g/mol. The van der Waals surface area contributed by atoms with E-state index in [0.717, 1.165) is 50.4 Å². The Hall–Kier alpha value is -9.31. The van der Waals surface area contributed by atoms with Crippen LogP contribution < -0.4 is 20.1 Å². The molecule has 5 N–H and O–H groups in total. The van der Waals surface area contributed by atoms with E-state index < -0.39 is 11.9 Å². The molecule has 0 saturated heterocycles. The Kier molecular flexibility index (Phi) is 26.5. The molecular formula is C71H84N6O15. The number of ether oxygens (including phenoxy) is 7. The molecule has 488 valence electrons. The highest BCUT2D eigenvalue weighted by Crippen LogP contribution is 2.43. The van der Waals surface area contributed by atoms with E-state index in [1.807, 2.05) is 38.1 Å². The summed E-state index contributed by atoms with van der Waals surface area (Å²) in [6, 6.07) is 17.1. The zero-order chi connectivity index (χ0) is 66.3. The first kappa shape index (κ1) is 70.2. The maximum Gasteiger partial charge on any atom is 0.311 e. The number of carbonyl (C=O) groups is 7. The molecule has 2 aliphatic rings. The highest BCUT2D eigenvalue weighted by atomic mass is 16.5. The molecule has 3 aromatic heterocycles. The van der Waals surface area contributed by atoms with Gasteiger partial charge in [0.25, 0.3) is 5.91 Å². The number of hydrogen-bond donors (Lipinski definition) is 5. The zero-order valence-electron chi connectivity index (χ0n) is 53.8. The number of esters is 3. The minimum atomic E-state index is -0.525. The van der Waals surface area contributed by atoms with Gasteiger partial charge >= 0.3 is 17.9 Å². The minimum Gasteiger partial charge on any atom is -0.504 e. The van der Waals surface area contributed by atoms with Gasteiger partial charge < -0.3 is 58.9 Å². The summed E-state index contributed by atoms with van der Waals surface area (Å²) in [6.45, 7) is 17.0. The van der Waals surface area contributed by atoms with E-state index in [0.29, 0.717) is 129 Å². The van der Waals surface area contributed by atoms with E-state index in [1.165, 1.54) is 45.6 Å². The summed E-state index contributed by atoms with van der Waals surface area (Å²) < 4.78 is 38.0. The summed E-state index contributed by atoms with van der Waals surface area (Å²) in [5, 5.41) is 15.7. The maximum absolute atomic E-state index is 14.6. The number of phenols is 1. The first-order valence-electron chi connectivity index (χ1n) is 31.0. The van der Waals surface area contributed by atoms with Gasteiger partial charge in [-0.3, -0.25) is 38.5 Å². The summed E-state index contributed by atoms with van der Waals surface area (Å²) in [5.41, 5.74) is 12.4. The normalized spacial score (nSPS) is 13.7. The van der Waals surface area contributed by atoms with Gasteiger partial charge in [0.2, 0.25) is 5.91 Å². The third-order valence-corrected chi connectivity index (χ3v) is 16.1. The van der Waals surface area contributed by atoms with Crippen LogP contribution in [0.25, 0.3) is 51.4 Å². The smallest absolute Gasteiger partial charge is 0.311 e. The number of aromatic nitrogens is 4. The van der Waals surface area contributed by atoms with Crippen molar-refractivity contribution in [3.05, 3.63) is 141 Å². The molecule has 8 bridgehead atoms. The Morgan fingerprint density at radius 3 is 1.96 bits per heavy atom.